The summed E-state index contributed by atoms with van der Waals surface area (Å²) in [7, 11) is 1.47. The number of piperidine rings is 1. The second-order valence-electron chi connectivity index (χ2n) is 4.96. The zero-order valence-corrected chi connectivity index (χ0v) is 11.2. The topological polar surface area (TPSA) is 50.4 Å². The van der Waals surface area contributed by atoms with Crippen molar-refractivity contribution in [2.45, 2.75) is 31.7 Å². The predicted octanol–water partition coefficient (Wildman–Crippen LogP) is 0.949. The minimum Gasteiger partial charge on any atom is -0.468 e. The average molecular weight is 263 g/mol. The molecule has 2 aliphatic rings. The van der Waals surface area contributed by atoms with Gasteiger partial charge in [0, 0.05) is 0 Å². The normalized spacial score (nSPS) is 25.8. The molecule has 0 aromatic rings. The van der Waals surface area contributed by atoms with Crippen molar-refractivity contribution in [1.29, 1.82) is 0 Å². The fourth-order valence-corrected chi connectivity index (χ4v) is 2.39. The standard InChI is InChI=1S/C12H22N2O2.ClH/c1-16-12(15)11(10-4-5-10)14-8-9-3-2-6-13-7-9;/h9-11,13-14H,2-8H2,1H3;1H. The van der Waals surface area contributed by atoms with Crippen molar-refractivity contribution in [2.24, 2.45) is 11.8 Å². The van der Waals surface area contributed by atoms with E-state index in [1.54, 1.807) is 0 Å². The van der Waals surface area contributed by atoms with Gasteiger partial charge in [-0.25, -0.2) is 0 Å². The molecule has 0 aromatic carbocycles. The molecule has 2 unspecified atom stereocenters. The van der Waals surface area contributed by atoms with Crippen LogP contribution in [0.4, 0.5) is 0 Å². The van der Waals surface area contributed by atoms with Gasteiger partial charge in [0.05, 0.1) is 7.11 Å². The van der Waals surface area contributed by atoms with Gasteiger partial charge in [0.15, 0.2) is 0 Å². The van der Waals surface area contributed by atoms with Gasteiger partial charge in [0.25, 0.3) is 0 Å². The predicted molar refractivity (Wildman–Crippen MR) is 69.4 cm³/mol. The molecule has 100 valence electrons. The molecule has 2 fully saturated rings. The van der Waals surface area contributed by atoms with Gasteiger partial charge in [-0.15, -0.1) is 12.4 Å². The molecule has 1 aliphatic carbocycles. The Labute approximate surface area is 109 Å². The molecule has 0 amide bonds. The Kier molecular flexibility index (Phi) is 6.23. The van der Waals surface area contributed by atoms with Gasteiger partial charge >= 0.3 is 5.97 Å². The molecule has 1 saturated carbocycles. The lowest BCUT2D eigenvalue weighted by molar-refractivity contribution is -0.143. The summed E-state index contributed by atoms with van der Waals surface area (Å²) in [5.74, 6) is 1.09. The first kappa shape index (κ1) is 14.7. The maximum absolute atomic E-state index is 11.6. The van der Waals surface area contributed by atoms with Crippen molar-refractivity contribution in [3.63, 3.8) is 0 Å². The van der Waals surface area contributed by atoms with Crippen molar-refractivity contribution in [3.8, 4) is 0 Å². The van der Waals surface area contributed by atoms with E-state index in [4.69, 9.17) is 4.74 Å². The van der Waals surface area contributed by atoms with Gasteiger partial charge < -0.3 is 15.4 Å². The lowest BCUT2D eigenvalue weighted by Gasteiger charge is -2.25. The van der Waals surface area contributed by atoms with E-state index in [0.717, 1.165) is 32.5 Å². The highest BCUT2D eigenvalue weighted by Gasteiger charge is 2.36. The zero-order chi connectivity index (χ0) is 11.4. The molecule has 0 bridgehead atoms. The highest BCUT2D eigenvalue weighted by Crippen LogP contribution is 2.33. The molecular weight excluding hydrogens is 240 g/mol. The quantitative estimate of drug-likeness (QED) is 0.725. The molecule has 2 rings (SSSR count). The summed E-state index contributed by atoms with van der Waals surface area (Å²) < 4.78 is 4.84. The molecule has 17 heavy (non-hydrogen) atoms. The van der Waals surface area contributed by atoms with Gasteiger partial charge in [-0.05, 0) is 57.2 Å². The van der Waals surface area contributed by atoms with Crippen LogP contribution in [-0.4, -0.2) is 38.8 Å². The summed E-state index contributed by atoms with van der Waals surface area (Å²) in [6.45, 7) is 3.15. The van der Waals surface area contributed by atoms with Crippen LogP contribution in [0.3, 0.4) is 0 Å². The average Bonchev–Trinajstić information content (AvgIpc) is 3.15. The number of hydrogen-bond acceptors (Lipinski definition) is 4. The van der Waals surface area contributed by atoms with Gasteiger partial charge in [-0.3, -0.25) is 4.79 Å². The Morgan fingerprint density at radius 3 is 2.76 bits per heavy atom. The monoisotopic (exact) mass is 262 g/mol. The smallest absolute Gasteiger partial charge is 0.323 e. The third-order valence-corrected chi connectivity index (χ3v) is 3.57. The third-order valence-electron chi connectivity index (χ3n) is 3.57. The Hall–Kier alpha value is -0.320. The van der Waals surface area contributed by atoms with E-state index in [9.17, 15) is 4.79 Å². The highest BCUT2D eigenvalue weighted by molar-refractivity contribution is 5.85. The van der Waals surface area contributed by atoms with E-state index < -0.39 is 0 Å². The van der Waals surface area contributed by atoms with Crippen molar-refractivity contribution in [1.82, 2.24) is 10.6 Å². The first-order valence-corrected chi connectivity index (χ1v) is 6.33. The number of rotatable bonds is 5. The van der Waals surface area contributed by atoms with Crippen LogP contribution in [0.2, 0.25) is 0 Å². The minimum atomic E-state index is -0.0914. The summed E-state index contributed by atoms with van der Waals surface area (Å²) in [5.41, 5.74) is 0. The van der Waals surface area contributed by atoms with E-state index in [-0.39, 0.29) is 24.4 Å². The zero-order valence-electron chi connectivity index (χ0n) is 10.4. The lowest BCUT2D eigenvalue weighted by Crippen LogP contribution is -2.44. The van der Waals surface area contributed by atoms with Crippen molar-refractivity contribution in [3.05, 3.63) is 0 Å². The number of nitrogens with one attached hydrogen (secondary N) is 2. The van der Waals surface area contributed by atoms with Crippen molar-refractivity contribution in [2.75, 3.05) is 26.7 Å². The summed E-state index contributed by atoms with van der Waals surface area (Å²) in [5, 5.41) is 6.78. The number of esters is 1. The van der Waals surface area contributed by atoms with E-state index in [0.29, 0.717) is 11.8 Å². The minimum absolute atomic E-state index is 0. The molecular formula is C12H23ClN2O2. The molecule has 4 nitrogen and oxygen atoms in total. The molecule has 0 spiro atoms. The van der Waals surface area contributed by atoms with Crippen molar-refractivity contribution >= 4 is 18.4 Å². The molecule has 1 aliphatic heterocycles. The third kappa shape index (κ3) is 4.45. The van der Waals surface area contributed by atoms with Gasteiger partial charge in [-0.1, -0.05) is 0 Å². The second-order valence-corrected chi connectivity index (χ2v) is 4.96. The number of methoxy groups -OCH3 is 1. The van der Waals surface area contributed by atoms with Gasteiger partial charge in [-0.2, -0.15) is 0 Å². The Morgan fingerprint density at radius 1 is 1.47 bits per heavy atom. The Bertz CT molecular complexity index is 241. The van der Waals surface area contributed by atoms with E-state index >= 15 is 0 Å². The number of ether oxygens (including phenoxy) is 1. The Balaban J connectivity index is 0.00000144. The molecule has 0 aromatic heterocycles. The van der Waals surface area contributed by atoms with Crippen molar-refractivity contribution < 1.29 is 9.53 Å². The molecule has 1 heterocycles. The largest absolute Gasteiger partial charge is 0.468 e. The summed E-state index contributed by atoms with van der Waals surface area (Å²) >= 11 is 0. The first-order valence-electron chi connectivity index (χ1n) is 6.33. The van der Waals surface area contributed by atoms with Crippen LogP contribution >= 0.6 is 12.4 Å². The SMILES string of the molecule is COC(=O)C(NCC1CCCNC1)C1CC1.Cl. The van der Waals surface area contributed by atoms with E-state index in [1.165, 1.54) is 20.0 Å². The fourth-order valence-electron chi connectivity index (χ4n) is 2.39. The summed E-state index contributed by atoms with van der Waals surface area (Å²) in [6.07, 6.45) is 4.84. The van der Waals surface area contributed by atoms with Crippen LogP contribution in [0.15, 0.2) is 0 Å². The maximum atomic E-state index is 11.6. The molecule has 0 radical (unpaired) electrons. The van der Waals surface area contributed by atoms with Gasteiger partial charge in [0.1, 0.15) is 6.04 Å². The van der Waals surface area contributed by atoms with E-state index in [2.05, 4.69) is 10.6 Å². The number of halogens is 1. The lowest BCUT2D eigenvalue weighted by atomic mass is 9.99. The summed E-state index contributed by atoms with van der Waals surface area (Å²) in [6, 6.07) is -0.0630. The molecule has 2 N–H and O–H groups in total. The van der Waals surface area contributed by atoms with E-state index in [1.807, 2.05) is 0 Å². The number of carbonyl (C=O) groups excluding carboxylic acids is 1. The number of hydrogen-bond donors (Lipinski definition) is 2. The maximum Gasteiger partial charge on any atom is 0.323 e. The van der Waals surface area contributed by atoms with Crippen LogP contribution < -0.4 is 10.6 Å². The van der Waals surface area contributed by atoms with Crippen LogP contribution in [0.5, 0.6) is 0 Å². The number of carbonyl (C=O) groups is 1. The highest BCUT2D eigenvalue weighted by atomic mass is 35.5. The first-order chi connectivity index (χ1) is 7.81. The molecule has 5 heteroatoms. The second kappa shape index (κ2) is 7.19. The van der Waals surface area contributed by atoms with Crippen LogP contribution in [0, 0.1) is 11.8 Å². The molecule has 1 saturated heterocycles. The Morgan fingerprint density at radius 2 is 2.24 bits per heavy atom. The van der Waals surface area contributed by atoms with Crippen LogP contribution in [0.1, 0.15) is 25.7 Å². The fraction of sp³-hybridized carbons (Fsp3) is 0.917. The van der Waals surface area contributed by atoms with Crippen LogP contribution in [-0.2, 0) is 9.53 Å². The molecule has 2 atom stereocenters. The van der Waals surface area contributed by atoms with Crippen LogP contribution in [0.25, 0.3) is 0 Å². The summed E-state index contributed by atoms with van der Waals surface area (Å²) in [4.78, 5) is 11.6. The van der Waals surface area contributed by atoms with Gasteiger partial charge in [0.2, 0.25) is 0 Å².